The molecule has 0 aliphatic heterocycles. The first kappa shape index (κ1) is 22.3. The minimum Gasteiger partial charge on any atom is -0.508 e. The van der Waals surface area contributed by atoms with Crippen LogP contribution in [0.5, 0.6) is 5.75 Å². The van der Waals surface area contributed by atoms with E-state index in [-0.39, 0.29) is 24.1 Å². The molecule has 1 aromatic rings. The maximum atomic E-state index is 12.5. The molecule has 0 radical (unpaired) electrons. The van der Waals surface area contributed by atoms with E-state index in [1.54, 1.807) is 12.1 Å². The topological polar surface area (TPSA) is 114 Å². The van der Waals surface area contributed by atoms with Gasteiger partial charge >= 0.3 is 6.03 Å². The van der Waals surface area contributed by atoms with Gasteiger partial charge in [0.1, 0.15) is 18.3 Å². The van der Waals surface area contributed by atoms with E-state index < -0.39 is 23.5 Å². The van der Waals surface area contributed by atoms with E-state index in [0.29, 0.717) is 0 Å². The van der Waals surface area contributed by atoms with Crippen LogP contribution in [-0.4, -0.2) is 35.2 Å². The molecule has 1 unspecified atom stereocenters. The number of nitrogens with zero attached hydrogens (tertiary/aromatic N) is 1. The normalized spacial score (nSPS) is 12.6. The molecule has 0 spiro atoms. The van der Waals surface area contributed by atoms with Crippen LogP contribution in [0.3, 0.4) is 0 Å². The van der Waals surface area contributed by atoms with Crippen molar-refractivity contribution in [1.29, 1.82) is 5.26 Å². The summed E-state index contributed by atoms with van der Waals surface area (Å²) >= 11 is 0. The van der Waals surface area contributed by atoms with E-state index in [0.717, 1.165) is 12.0 Å². The number of urea groups is 1. The van der Waals surface area contributed by atoms with E-state index in [2.05, 4.69) is 36.7 Å². The second-order valence-corrected chi connectivity index (χ2v) is 8.52. The number of phenols is 1. The molecule has 7 nitrogen and oxygen atoms in total. The Morgan fingerprint density at radius 1 is 1.15 bits per heavy atom. The summed E-state index contributed by atoms with van der Waals surface area (Å²) in [7, 11) is 0. The molecule has 0 aliphatic carbocycles. The summed E-state index contributed by atoms with van der Waals surface area (Å²) in [6.07, 6.45) is 1.00. The third kappa shape index (κ3) is 8.95. The molecule has 0 bridgehead atoms. The van der Waals surface area contributed by atoms with Gasteiger partial charge in [-0.05, 0) is 43.4 Å². The Hall–Kier alpha value is -2.75. The van der Waals surface area contributed by atoms with Crippen LogP contribution in [0, 0.1) is 16.7 Å². The van der Waals surface area contributed by atoms with Crippen LogP contribution in [0.1, 0.15) is 46.6 Å². The van der Waals surface area contributed by atoms with Crippen molar-refractivity contribution in [3.63, 3.8) is 0 Å². The second kappa shape index (κ2) is 9.26. The Bertz CT molecular complexity index is 685. The van der Waals surface area contributed by atoms with Gasteiger partial charge in [0.2, 0.25) is 5.91 Å². The number of carbonyl (C=O) groups excluding carboxylic acids is 2. The maximum absolute atomic E-state index is 12.5. The number of benzene rings is 1. The lowest BCUT2D eigenvalue weighted by Gasteiger charge is -2.33. The Morgan fingerprint density at radius 2 is 1.74 bits per heavy atom. The van der Waals surface area contributed by atoms with Crippen LogP contribution >= 0.6 is 0 Å². The van der Waals surface area contributed by atoms with Crippen LogP contribution in [-0.2, 0) is 11.2 Å². The molecule has 1 atom stereocenters. The van der Waals surface area contributed by atoms with Gasteiger partial charge in [-0.1, -0.05) is 32.9 Å². The summed E-state index contributed by atoms with van der Waals surface area (Å²) in [5.74, 6) is -0.313. The zero-order chi connectivity index (χ0) is 20.7. The SMILES string of the molecule is CC(C)(C)CC(C)(C)NC(=O)NC(Cc1ccc(O)cc1)C(=O)NCC#N. The molecule has 148 valence electrons. The van der Waals surface area contributed by atoms with Gasteiger partial charge in [-0.25, -0.2) is 4.79 Å². The minimum atomic E-state index is -0.840. The zero-order valence-electron chi connectivity index (χ0n) is 16.7. The molecule has 0 saturated carbocycles. The van der Waals surface area contributed by atoms with Crippen LogP contribution < -0.4 is 16.0 Å². The van der Waals surface area contributed by atoms with E-state index in [1.807, 2.05) is 19.9 Å². The fourth-order valence-electron chi connectivity index (χ4n) is 3.20. The fraction of sp³-hybridized carbons (Fsp3) is 0.550. The van der Waals surface area contributed by atoms with E-state index in [4.69, 9.17) is 5.26 Å². The predicted molar refractivity (Wildman–Crippen MR) is 104 cm³/mol. The van der Waals surface area contributed by atoms with Crippen molar-refractivity contribution < 1.29 is 14.7 Å². The Morgan fingerprint density at radius 3 is 2.26 bits per heavy atom. The lowest BCUT2D eigenvalue weighted by Crippen LogP contribution is -2.56. The summed E-state index contributed by atoms with van der Waals surface area (Å²) in [5, 5.41) is 26.1. The molecule has 0 aliphatic rings. The summed E-state index contributed by atoms with van der Waals surface area (Å²) in [5.41, 5.74) is 0.361. The van der Waals surface area contributed by atoms with E-state index in [1.165, 1.54) is 12.1 Å². The molecule has 1 rings (SSSR count). The highest BCUT2D eigenvalue weighted by Gasteiger charge is 2.29. The number of aromatic hydroxyl groups is 1. The quantitative estimate of drug-likeness (QED) is 0.549. The first-order valence-corrected chi connectivity index (χ1v) is 8.93. The van der Waals surface area contributed by atoms with Gasteiger partial charge in [-0.2, -0.15) is 5.26 Å². The number of hydrogen-bond acceptors (Lipinski definition) is 4. The molecule has 3 amide bonds. The molecule has 0 fully saturated rings. The van der Waals surface area contributed by atoms with Crippen molar-refractivity contribution in [2.75, 3.05) is 6.54 Å². The van der Waals surface area contributed by atoms with Crippen molar-refractivity contribution in [2.24, 2.45) is 5.41 Å². The summed E-state index contributed by atoms with van der Waals surface area (Å²) < 4.78 is 0. The monoisotopic (exact) mass is 374 g/mol. The number of phenolic OH excluding ortho intramolecular Hbond substituents is 1. The number of rotatable bonds is 7. The largest absolute Gasteiger partial charge is 0.508 e. The molecule has 7 heteroatoms. The zero-order valence-corrected chi connectivity index (χ0v) is 16.7. The predicted octanol–water partition coefficient (Wildman–Crippen LogP) is 2.46. The average Bonchev–Trinajstić information content (AvgIpc) is 2.51. The van der Waals surface area contributed by atoms with Crippen molar-refractivity contribution in [2.45, 2.75) is 59.0 Å². The minimum absolute atomic E-state index is 0.0341. The maximum Gasteiger partial charge on any atom is 0.315 e. The van der Waals surface area contributed by atoms with Crippen molar-refractivity contribution in [3.05, 3.63) is 29.8 Å². The number of carbonyl (C=O) groups is 2. The molecule has 4 N–H and O–H groups in total. The summed E-state index contributed by atoms with van der Waals surface area (Å²) in [6.45, 7) is 10.0. The van der Waals surface area contributed by atoms with E-state index >= 15 is 0 Å². The first-order chi connectivity index (χ1) is 12.4. The fourth-order valence-corrected chi connectivity index (χ4v) is 3.20. The highest BCUT2D eigenvalue weighted by Crippen LogP contribution is 2.26. The van der Waals surface area contributed by atoms with Crippen molar-refractivity contribution in [1.82, 2.24) is 16.0 Å². The lowest BCUT2D eigenvalue weighted by molar-refractivity contribution is -0.122. The second-order valence-electron chi connectivity index (χ2n) is 8.52. The summed E-state index contributed by atoms with van der Waals surface area (Å²) in [4.78, 5) is 24.8. The molecular weight excluding hydrogens is 344 g/mol. The van der Waals surface area contributed by atoms with Gasteiger partial charge in [-0.3, -0.25) is 4.79 Å². The van der Waals surface area contributed by atoms with Crippen LogP contribution in [0.2, 0.25) is 0 Å². The van der Waals surface area contributed by atoms with Crippen molar-refractivity contribution in [3.8, 4) is 11.8 Å². The summed E-state index contributed by atoms with van der Waals surface area (Å²) in [6, 6.07) is 6.97. The molecule has 0 heterocycles. The van der Waals surface area contributed by atoms with Gasteiger partial charge in [0.25, 0.3) is 0 Å². The number of hydrogen-bond donors (Lipinski definition) is 4. The van der Waals surface area contributed by atoms with Gasteiger partial charge in [-0.15, -0.1) is 0 Å². The highest BCUT2D eigenvalue weighted by molar-refractivity contribution is 5.87. The third-order valence-electron chi connectivity index (χ3n) is 3.76. The number of nitrogens with one attached hydrogen (secondary N) is 3. The van der Waals surface area contributed by atoms with Crippen molar-refractivity contribution >= 4 is 11.9 Å². The average molecular weight is 374 g/mol. The van der Waals surface area contributed by atoms with Gasteiger partial charge in [0.05, 0.1) is 6.07 Å². The van der Waals surface area contributed by atoms with Crippen LogP contribution in [0.15, 0.2) is 24.3 Å². The molecule has 27 heavy (non-hydrogen) atoms. The van der Waals surface area contributed by atoms with E-state index in [9.17, 15) is 14.7 Å². The highest BCUT2D eigenvalue weighted by atomic mass is 16.3. The molecule has 0 saturated heterocycles. The Kier molecular flexibility index (Phi) is 7.65. The third-order valence-corrected chi connectivity index (χ3v) is 3.76. The first-order valence-electron chi connectivity index (χ1n) is 8.93. The Balaban J connectivity index is 2.83. The number of amides is 3. The van der Waals surface area contributed by atoms with Crippen LogP contribution in [0.25, 0.3) is 0 Å². The lowest BCUT2D eigenvalue weighted by atomic mass is 9.82. The Labute approximate surface area is 161 Å². The van der Waals surface area contributed by atoms with Gasteiger partial charge in [0, 0.05) is 12.0 Å². The van der Waals surface area contributed by atoms with Crippen LogP contribution in [0.4, 0.5) is 4.79 Å². The molecule has 1 aromatic carbocycles. The smallest absolute Gasteiger partial charge is 0.315 e. The van der Waals surface area contributed by atoms with Gasteiger partial charge in [0.15, 0.2) is 0 Å². The molecular formula is C20H30N4O3. The standard InChI is InChI=1S/C20H30N4O3/c1-19(2,3)13-20(4,5)24-18(27)23-16(17(26)22-11-10-21)12-14-6-8-15(25)9-7-14/h6-9,16,25H,11-13H2,1-5H3,(H,22,26)(H2,23,24,27). The molecule has 0 aromatic heterocycles. The number of nitriles is 1. The van der Waals surface area contributed by atoms with Gasteiger partial charge < -0.3 is 21.1 Å².